The molecule has 0 amide bonds. The first-order chi connectivity index (χ1) is 5.97. The first kappa shape index (κ1) is 14.8. The van der Waals surface area contributed by atoms with Gasteiger partial charge in [-0.15, -0.1) is 0 Å². The van der Waals surface area contributed by atoms with Crippen LogP contribution in [-0.2, 0) is 10.1 Å². The smallest absolute Gasteiger partial charge is 0.748 e. The normalized spacial score (nSPS) is 20.4. The van der Waals surface area contributed by atoms with Crippen LogP contribution < -0.4 is 29.6 Å². The van der Waals surface area contributed by atoms with Crippen LogP contribution in [0.3, 0.4) is 0 Å². The minimum atomic E-state index is -4.29. The molecule has 5 nitrogen and oxygen atoms in total. The fraction of sp³-hybridized carbons (Fsp3) is 1.00. The van der Waals surface area contributed by atoms with E-state index in [2.05, 4.69) is 0 Å². The van der Waals surface area contributed by atoms with Gasteiger partial charge in [0.25, 0.3) is 0 Å². The second-order valence-electron chi connectivity index (χ2n) is 3.39. The van der Waals surface area contributed by atoms with Gasteiger partial charge in [-0.25, -0.2) is 8.42 Å². The zero-order chi connectivity index (χ0) is 9.90. The minimum absolute atomic E-state index is 0. The Bertz CT molecular complexity index is 250. The Morgan fingerprint density at radius 3 is 2.29 bits per heavy atom. The third-order valence-electron chi connectivity index (χ3n) is 2.06. The number of β-amino-alcohol motifs (C(OH)–C–C–N with tert-alkyl or cyclic N) is 1. The van der Waals surface area contributed by atoms with Crippen molar-refractivity contribution in [3.8, 4) is 0 Å². The van der Waals surface area contributed by atoms with Gasteiger partial charge < -0.3 is 14.6 Å². The van der Waals surface area contributed by atoms with Crippen molar-refractivity contribution in [3.05, 3.63) is 0 Å². The number of hydrogen-bond acceptors (Lipinski definition) is 5. The molecule has 1 saturated heterocycles. The molecular weight excluding hydrogens is 217 g/mol. The van der Waals surface area contributed by atoms with Gasteiger partial charge in [-0.1, -0.05) is 0 Å². The summed E-state index contributed by atoms with van der Waals surface area (Å²) in [6.07, 6.45) is 1.12. The molecule has 0 saturated carbocycles. The van der Waals surface area contributed by atoms with Crippen LogP contribution >= 0.6 is 0 Å². The molecule has 1 N–H and O–H groups in total. The molecule has 1 atom stereocenters. The van der Waals surface area contributed by atoms with Crippen LogP contribution in [0.5, 0.6) is 0 Å². The fourth-order valence-electron chi connectivity index (χ4n) is 1.55. The molecule has 0 aromatic rings. The Balaban J connectivity index is 0.00000169. The second kappa shape index (κ2) is 6.42. The molecule has 78 valence electrons. The maximum absolute atomic E-state index is 10.3. The van der Waals surface area contributed by atoms with E-state index in [1.807, 2.05) is 4.90 Å². The van der Waals surface area contributed by atoms with Gasteiger partial charge >= 0.3 is 29.6 Å². The molecule has 0 aliphatic carbocycles. The van der Waals surface area contributed by atoms with Crippen molar-refractivity contribution < 1.29 is 47.6 Å². The van der Waals surface area contributed by atoms with Crippen molar-refractivity contribution in [1.29, 1.82) is 0 Å². The molecule has 0 bridgehead atoms. The Morgan fingerprint density at radius 2 is 1.86 bits per heavy atom. The van der Waals surface area contributed by atoms with E-state index in [9.17, 15) is 18.1 Å². The third kappa shape index (κ3) is 6.34. The quantitative estimate of drug-likeness (QED) is 0.394. The van der Waals surface area contributed by atoms with Gasteiger partial charge in [0.15, 0.2) is 0 Å². The SMILES string of the molecule is O=S(=O)([O-])CC(O)CN1CCCC1.[Na+]. The first-order valence-corrected chi connectivity index (χ1v) is 5.89. The molecule has 0 aromatic heterocycles. The monoisotopic (exact) mass is 231 g/mol. The number of aliphatic hydroxyl groups excluding tert-OH is 1. The predicted octanol–water partition coefficient (Wildman–Crippen LogP) is -4.01. The van der Waals surface area contributed by atoms with Gasteiger partial charge in [0.1, 0.15) is 0 Å². The number of hydrogen-bond donors (Lipinski definition) is 1. The summed E-state index contributed by atoms with van der Waals surface area (Å²) in [7, 11) is -4.29. The molecule has 1 unspecified atom stereocenters. The first-order valence-electron chi connectivity index (χ1n) is 4.31. The van der Waals surface area contributed by atoms with Crippen LogP contribution in [0.1, 0.15) is 12.8 Å². The average Bonchev–Trinajstić information content (AvgIpc) is 2.34. The van der Waals surface area contributed by atoms with Crippen molar-refractivity contribution in [2.45, 2.75) is 18.9 Å². The van der Waals surface area contributed by atoms with Crippen molar-refractivity contribution in [3.63, 3.8) is 0 Å². The Hall–Kier alpha value is 0.830. The summed E-state index contributed by atoms with van der Waals surface area (Å²) < 4.78 is 30.8. The molecule has 14 heavy (non-hydrogen) atoms. The van der Waals surface area contributed by atoms with Crippen molar-refractivity contribution in [1.82, 2.24) is 4.90 Å². The van der Waals surface area contributed by atoms with Crippen LogP contribution in [0.2, 0.25) is 0 Å². The Labute approximate surface area is 107 Å². The van der Waals surface area contributed by atoms with Crippen molar-refractivity contribution in [2.24, 2.45) is 0 Å². The number of likely N-dealkylation sites (tertiary alicyclic amines) is 1. The summed E-state index contributed by atoms with van der Waals surface area (Å²) in [5, 5.41) is 9.22. The van der Waals surface area contributed by atoms with Crippen LogP contribution in [0.4, 0.5) is 0 Å². The van der Waals surface area contributed by atoms with Gasteiger partial charge in [-0.05, 0) is 25.9 Å². The fourth-order valence-corrected chi connectivity index (χ4v) is 2.13. The Kier molecular flexibility index (Phi) is 6.80. The molecule has 1 aliphatic heterocycles. The molecule has 0 spiro atoms. The van der Waals surface area contributed by atoms with E-state index in [1.54, 1.807) is 0 Å². The van der Waals surface area contributed by atoms with Crippen molar-refractivity contribution in [2.75, 3.05) is 25.4 Å². The van der Waals surface area contributed by atoms with Gasteiger partial charge in [-0.3, -0.25) is 0 Å². The van der Waals surface area contributed by atoms with E-state index in [0.29, 0.717) is 6.54 Å². The largest absolute Gasteiger partial charge is 1.00 e. The molecule has 1 heterocycles. The summed E-state index contributed by atoms with van der Waals surface area (Å²) in [6.45, 7) is 2.06. The maximum Gasteiger partial charge on any atom is 1.00 e. The molecule has 7 heteroatoms. The zero-order valence-corrected chi connectivity index (χ0v) is 11.2. The standard InChI is InChI=1S/C7H15NO4S.Na/c9-7(6-13(10,11)12)5-8-3-1-2-4-8;/h7,9H,1-6H2,(H,10,11,12);/q;+1/p-1. The van der Waals surface area contributed by atoms with Gasteiger partial charge in [0, 0.05) is 6.54 Å². The summed E-state index contributed by atoms with van der Waals surface area (Å²) in [5.41, 5.74) is 0. The van der Waals surface area contributed by atoms with Gasteiger partial charge in [-0.2, -0.15) is 0 Å². The van der Waals surface area contributed by atoms with E-state index >= 15 is 0 Å². The van der Waals surface area contributed by atoms with Crippen LogP contribution in [0, 0.1) is 0 Å². The summed E-state index contributed by atoms with van der Waals surface area (Å²) in [4.78, 5) is 1.97. The average molecular weight is 231 g/mol. The topological polar surface area (TPSA) is 80.7 Å². The number of aliphatic hydroxyl groups is 1. The Morgan fingerprint density at radius 1 is 1.36 bits per heavy atom. The van der Waals surface area contributed by atoms with Crippen molar-refractivity contribution >= 4 is 10.1 Å². The zero-order valence-electron chi connectivity index (χ0n) is 8.35. The van der Waals surface area contributed by atoms with Gasteiger partial charge in [0.2, 0.25) is 0 Å². The van der Waals surface area contributed by atoms with E-state index < -0.39 is 22.0 Å². The summed E-state index contributed by atoms with van der Waals surface area (Å²) in [6, 6.07) is 0. The van der Waals surface area contributed by atoms with Crippen LogP contribution in [0.25, 0.3) is 0 Å². The molecule has 1 rings (SSSR count). The minimum Gasteiger partial charge on any atom is -0.748 e. The van der Waals surface area contributed by atoms with Crippen LogP contribution in [-0.4, -0.2) is 54.5 Å². The maximum atomic E-state index is 10.3. The van der Waals surface area contributed by atoms with E-state index in [-0.39, 0.29) is 29.6 Å². The van der Waals surface area contributed by atoms with Gasteiger partial charge in [0.05, 0.1) is 22.0 Å². The number of nitrogens with zero attached hydrogens (tertiary/aromatic N) is 1. The predicted molar refractivity (Wildman–Crippen MR) is 46.2 cm³/mol. The molecule has 1 fully saturated rings. The number of rotatable bonds is 4. The molecule has 0 radical (unpaired) electrons. The van der Waals surface area contributed by atoms with E-state index in [4.69, 9.17) is 0 Å². The molecular formula is C7H14NNaO4S. The molecule has 1 aliphatic rings. The van der Waals surface area contributed by atoms with E-state index in [1.165, 1.54) is 0 Å². The second-order valence-corrected chi connectivity index (χ2v) is 4.83. The summed E-state index contributed by atoms with van der Waals surface area (Å²) in [5.74, 6) is -0.677. The van der Waals surface area contributed by atoms with E-state index in [0.717, 1.165) is 25.9 Å². The third-order valence-corrected chi connectivity index (χ3v) is 2.86. The molecule has 0 aromatic carbocycles. The van der Waals surface area contributed by atoms with Crippen LogP contribution in [0.15, 0.2) is 0 Å². The summed E-state index contributed by atoms with van der Waals surface area (Å²) >= 11 is 0.